The van der Waals surface area contributed by atoms with E-state index in [-0.39, 0.29) is 11.3 Å². The lowest BCUT2D eigenvalue weighted by Crippen LogP contribution is -2.44. The smallest absolute Gasteiger partial charge is 0.331 e. The molecule has 1 aliphatic rings. The SMILES string of the molecule is CN(C)CCCCCCNC(=O)N1C(=O)C=C(c2cn(Cc3cn(C)c4ccccc34)c3cc([N+](=O)[O-])ccc23)C1=O. The second-order valence-corrected chi connectivity index (χ2v) is 10.9. The quantitative estimate of drug-likeness (QED) is 0.121. The molecule has 11 nitrogen and oxygen atoms in total. The molecular weight excluding hydrogens is 536 g/mol. The lowest BCUT2D eigenvalue weighted by Gasteiger charge is -2.14. The molecule has 0 bridgehead atoms. The fourth-order valence-electron chi connectivity index (χ4n) is 5.51. The number of rotatable bonds is 11. The molecule has 1 aliphatic heterocycles. The summed E-state index contributed by atoms with van der Waals surface area (Å²) in [6, 6.07) is 11.6. The number of para-hydroxylation sites is 1. The number of aromatic nitrogens is 2. The number of benzene rings is 2. The monoisotopic (exact) mass is 570 g/mol. The number of nitrogens with zero attached hydrogens (tertiary/aromatic N) is 5. The molecule has 5 rings (SSSR count). The van der Waals surface area contributed by atoms with Crippen molar-refractivity contribution >= 4 is 50.9 Å². The summed E-state index contributed by atoms with van der Waals surface area (Å²) in [7, 11) is 6.01. The van der Waals surface area contributed by atoms with Gasteiger partial charge in [0.2, 0.25) is 0 Å². The Morgan fingerprint density at radius 2 is 1.74 bits per heavy atom. The van der Waals surface area contributed by atoms with Crippen molar-refractivity contribution < 1.29 is 19.3 Å². The molecule has 2 aromatic heterocycles. The van der Waals surface area contributed by atoms with E-state index in [1.807, 2.05) is 60.7 Å². The summed E-state index contributed by atoms with van der Waals surface area (Å²) in [5.74, 6) is -1.43. The summed E-state index contributed by atoms with van der Waals surface area (Å²) in [5, 5.41) is 15.9. The topological polar surface area (TPSA) is 123 Å². The van der Waals surface area contributed by atoms with Crippen molar-refractivity contribution in [2.24, 2.45) is 7.05 Å². The highest BCUT2D eigenvalue weighted by Crippen LogP contribution is 2.34. The Kier molecular flexibility index (Phi) is 8.21. The van der Waals surface area contributed by atoms with E-state index >= 15 is 0 Å². The van der Waals surface area contributed by atoms with Gasteiger partial charge < -0.3 is 19.4 Å². The highest BCUT2D eigenvalue weighted by atomic mass is 16.6. The molecule has 0 saturated heterocycles. The molecule has 218 valence electrons. The van der Waals surface area contributed by atoms with Crippen LogP contribution >= 0.6 is 0 Å². The Morgan fingerprint density at radius 1 is 0.976 bits per heavy atom. The van der Waals surface area contributed by atoms with Crippen molar-refractivity contribution in [1.29, 1.82) is 0 Å². The van der Waals surface area contributed by atoms with E-state index in [1.165, 1.54) is 18.2 Å². The molecule has 0 saturated carbocycles. The summed E-state index contributed by atoms with van der Waals surface area (Å²) in [6.07, 6.45) is 8.67. The first-order chi connectivity index (χ1) is 20.2. The van der Waals surface area contributed by atoms with Crippen LogP contribution in [0.3, 0.4) is 0 Å². The summed E-state index contributed by atoms with van der Waals surface area (Å²) in [5.41, 5.74) is 3.02. The molecule has 0 spiro atoms. The maximum absolute atomic E-state index is 13.4. The second kappa shape index (κ2) is 12.0. The van der Waals surface area contributed by atoms with Gasteiger partial charge in [0.05, 0.1) is 16.0 Å². The number of amides is 4. The minimum Gasteiger partial charge on any atom is -0.350 e. The number of aryl methyl sites for hydroxylation is 1. The molecule has 4 amide bonds. The van der Waals surface area contributed by atoms with Crippen LogP contribution in [0.25, 0.3) is 27.4 Å². The number of hydrogen-bond donors (Lipinski definition) is 1. The molecule has 11 heteroatoms. The molecule has 3 heterocycles. The molecule has 42 heavy (non-hydrogen) atoms. The van der Waals surface area contributed by atoms with Crippen molar-refractivity contribution in [3.05, 3.63) is 82.2 Å². The number of nitrogens with one attached hydrogen (secondary N) is 1. The van der Waals surface area contributed by atoms with Gasteiger partial charge in [-0.2, -0.15) is 4.90 Å². The third-order valence-corrected chi connectivity index (χ3v) is 7.62. The largest absolute Gasteiger partial charge is 0.350 e. The lowest BCUT2D eigenvalue weighted by molar-refractivity contribution is -0.384. The number of imide groups is 3. The summed E-state index contributed by atoms with van der Waals surface area (Å²) in [6.45, 7) is 1.75. The van der Waals surface area contributed by atoms with Crippen molar-refractivity contribution in [3.8, 4) is 0 Å². The number of carbonyl (C=O) groups is 3. The number of urea groups is 1. The van der Waals surface area contributed by atoms with E-state index in [4.69, 9.17) is 0 Å². The third kappa shape index (κ3) is 5.68. The normalized spacial score (nSPS) is 13.5. The molecule has 0 fully saturated rings. The predicted octanol–water partition coefficient (Wildman–Crippen LogP) is 4.67. The zero-order chi connectivity index (χ0) is 30.0. The Balaban J connectivity index is 1.38. The molecule has 0 atom stereocenters. The van der Waals surface area contributed by atoms with Crippen molar-refractivity contribution in [2.75, 3.05) is 27.2 Å². The first-order valence-electron chi connectivity index (χ1n) is 14.0. The van der Waals surface area contributed by atoms with Crippen LogP contribution in [0.2, 0.25) is 0 Å². The van der Waals surface area contributed by atoms with Gasteiger partial charge in [-0.1, -0.05) is 31.0 Å². The predicted molar refractivity (Wildman–Crippen MR) is 161 cm³/mol. The molecular formula is C31H34N6O5. The average Bonchev–Trinajstić information content (AvgIpc) is 3.58. The maximum atomic E-state index is 13.4. The molecule has 2 aromatic carbocycles. The number of unbranched alkanes of at least 4 members (excludes halogenated alkanes) is 3. The van der Waals surface area contributed by atoms with Gasteiger partial charge in [0.15, 0.2) is 0 Å². The van der Waals surface area contributed by atoms with Gasteiger partial charge in [-0.25, -0.2) is 4.79 Å². The summed E-state index contributed by atoms with van der Waals surface area (Å²) >= 11 is 0. The van der Waals surface area contributed by atoms with Gasteiger partial charge in [0, 0.05) is 72.6 Å². The minimum absolute atomic E-state index is 0.0781. The number of carbonyl (C=O) groups excluding carboxylic acids is 3. The molecule has 0 aliphatic carbocycles. The minimum atomic E-state index is -0.750. The van der Waals surface area contributed by atoms with E-state index in [1.54, 1.807) is 12.3 Å². The molecule has 0 radical (unpaired) electrons. The van der Waals surface area contributed by atoms with Gasteiger partial charge in [-0.05, 0) is 51.2 Å². The van der Waals surface area contributed by atoms with Crippen LogP contribution in [0.1, 0.15) is 36.8 Å². The Morgan fingerprint density at radius 3 is 2.50 bits per heavy atom. The second-order valence-electron chi connectivity index (χ2n) is 10.9. The van der Waals surface area contributed by atoms with E-state index in [0.29, 0.717) is 34.5 Å². The zero-order valence-electron chi connectivity index (χ0n) is 24.0. The van der Waals surface area contributed by atoms with Crippen molar-refractivity contribution in [3.63, 3.8) is 0 Å². The first kappa shape index (κ1) is 28.7. The average molecular weight is 571 g/mol. The fourth-order valence-corrected chi connectivity index (χ4v) is 5.51. The van der Waals surface area contributed by atoms with Crippen molar-refractivity contribution in [2.45, 2.75) is 32.2 Å². The standard InChI is InChI=1S/C31H34N6O5/c1-33(2)15-9-5-4-8-14-32-31(40)36-29(38)17-25(30(36)39)26-20-35(28-16-22(37(41)42)12-13-24(26)28)19-21-18-34(3)27-11-7-6-10-23(21)27/h6-7,10-13,16-18,20H,4-5,8-9,14-15,19H2,1-3H3,(H,32,40). The summed E-state index contributed by atoms with van der Waals surface area (Å²) < 4.78 is 3.86. The van der Waals surface area contributed by atoms with E-state index in [9.17, 15) is 24.5 Å². The van der Waals surface area contributed by atoms with Gasteiger partial charge >= 0.3 is 6.03 Å². The number of fused-ring (bicyclic) bond motifs is 2. The van der Waals surface area contributed by atoms with E-state index in [0.717, 1.165) is 48.7 Å². The van der Waals surface area contributed by atoms with Crippen LogP contribution in [-0.4, -0.2) is 68.9 Å². The van der Waals surface area contributed by atoms with E-state index in [2.05, 4.69) is 10.2 Å². The van der Waals surface area contributed by atoms with Crippen LogP contribution < -0.4 is 5.32 Å². The van der Waals surface area contributed by atoms with Crippen LogP contribution in [-0.2, 0) is 23.2 Å². The number of nitro groups is 1. The first-order valence-corrected chi connectivity index (χ1v) is 14.0. The number of nitro benzene ring substituents is 1. The van der Waals surface area contributed by atoms with Crippen LogP contribution in [0.4, 0.5) is 10.5 Å². The maximum Gasteiger partial charge on any atom is 0.331 e. The van der Waals surface area contributed by atoms with Crippen LogP contribution in [0.15, 0.2) is 60.9 Å². The zero-order valence-corrected chi connectivity index (χ0v) is 24.0. The Hall–Kier alpha value is -4.77. The Labute approximate surface area is 243 Å². The van der Waals surface area contributed by atoms with Gasteiger partial charge in [-0.15, -0.1) is 0 Å². The number of hydrogen-bond acceptors (Lipinski definition) is 6. The van der Waals surface area contributed by atoms with Gasteiger partial charge in [0.25, 0.3) is 17.5 Å². The lowest BCUT2D eigenvalue weighted by atomic mass is 10.1. The highest BCUT2D eigenvalue weighted by molar-refractivity contribution is 6.39. The molecule has 4 aromatic rings. The number of non-ortho nitro benzene ring substituents is 1. The fraction of sp³-hybridized carbons (Fsp3) is 0.323. The van der Waals surface area contributed by atoms with E-state index < -0.39 is 22.8 Å². The van der Waals surface area contributed by atoms with Gasteiger partial charge in [0.1, 0.15) is 0 Å². The summed E-state index contributed by atoms with van der Waals surface area (Å²) in [4.78, 5) is 52.9. The molecule has 0 unspecified atom stereocenters. The highest BCUT2D eigenvalue weighted by Gasteiger charge is 2.38. The Bertz CT molecular complexity index is 1730. The van der Waals surface area contributed by atoms with Crippen LogP contribution in [0, 0.1) is 10.1 Å². The van der Waals surface area contributed by atoms with Crippen LogP contribution in [0.5, 0.6) is 0 Å². The molecule has 1 N–H and O–H groups in total. The van der Waals surface area contributed by atoms with Gasteiger partial charge in [-0.3, -0.25) is 19.7 Å². The third-order valence-electron chi connectivity index (χ3n) is 7.62. The van der Waals surface area contributed by atoms with Crippen molar-refractivity contribution in [1.82, 2.24) is 24.3 Å².